The second-order valence-corrected chi connectivity index (χ2v) is 8.07. The number of benzene rings is 2. The van der Waals surface area contributed by atoms with E-state index in [1.807, 2.05) is 42.5 Å². The largest absolute Gasteiger partial charge is 0.486 e. The fourth-order valence-corrected chi connectivity index (χ4v) is 4.62. The lowest BCUT2D eigenvalue weighted by Gasteiger charge is -2.30. The van der Waals surface area contributed by atoms with Crippen LogP contribution in [-0.2, 0) is 5.72 Å². The average molecular weight is 400 g/mol. The van der Waals surface area contributed by atoms with Crippen LogP contribution in [0.3, 0.4) is 0 Å². The van der Waals surface area contributed by atoms with Gasteiger partial charge in [0.1, 0.15) is 18.9 Å². The number of nitrogens with zero attached hydrogens (tertiary/aromatic N) is 2. The van der Waals surface area contributed by atoms with Crippen molar-refractivity contribution in [1.29, 1.82) is 0 Å². The number of hydrogen-bond donors (Lipinski definition) is 1. The molecule has 3 aliphatic rings. The van der Waals surface area contributed by atoms with Gasteiger partial charge < -0.3 is 14.6 Å². The number of halogens is 1. The molecule has 1 atom stereocenters. The average Bonchev–Trinajstić information content (AvgIpc) is 2.85. The molecule has 3 heterocycles. The van der Waals surface area contributed by atoms with Gasteiger partial charge in [0, 0.05) is 17.0 Å². The van der Waals surface area contributed by atoms with Crippen molar-refractivity contribution >= 4 is 23.1 Å². The molecule has 5 nitrogen and oxygen atoms in total. The molecule has 2 aromatic carbocycles. The molecule has 0 saturated heterocycles. The van der Waals surface area contributed by atoms with Crippen LogP contribution in [0.5, 0.6) is 11.5 Å². The Bertz CT molecular complexity index is 928. The van der Waals surface area contributed by atoms with E-state index in [4.69, 9.17) is 21.1 Å². The molecule has 0 saturated carbocycles. The predicted octanol–water partition coefficient (Wildman–Crippen LogP) is 3.76. The molecule has 28 heavy (non-hydrogen) atoms. The Morgan fingerprint density at radius 2 is 1.75 bits per heavy atom. The van der Waals surface area contributed by atoms with Crippen LogP contribution in [0.2, 0.25) is 5.02 Å². The molecule has 6 heteroatoms. The second kappa shape index (κ2) is 6.98. The van der Waals surface area contributed by atoms with Gasteiger partial charge in [-0.3, -0.25) is 4.58 Å². The van der Waals surface area contributed by atoms with E-state index in [1.54, 1.807) is 0 Å². The minimum absolute atomic E-state index is 0.527. The van der Waals surface area contributed by atoms with Crippen LogP contribution in [0, 0.1) is 0 Å². The minimum Gasteiger partial charge on any atom is -0.486 e. The molecule has 0 fully saturated rings. The Kier molecular flexibility index (Phi) is 4.44. The maximum Gasteiger partial charge on any atom is 0.275 e. The molecule has 3 aliphatic heterocycles. The van der Waals surface area contributed by atoms with E-state index in [0.29, 0.717) is 30.5 Å². The molecular formula is C22H24ClN2O3+. The molecule has 0 radical (unpaired) electrons. The monoisotopic (exact) mass is 399 g/mol. The number of amidine groups is 1. The molecular weight excluding hydrogens is 376 g/mol. The summed E-state index contributed by atoms with van der Waals surface area (Å²) >= 11 is 6.12. The Labute approximate surface area is 169 Å². The first-order valence-corrected chi connectivity index (χ1v) is 10.3. The summed E-state index contributed by atoms with van der Waals surface area (Å²) in [5, 5.41) is 12.7. The van der Waals surface area contributed by atoms with Gasteiger partial charge in [-0.15, -0.1) is 0 Å². The van der Waals surface area contributed by atoms with Gasteiger partial charge in [-0.25, -0.2) is 0 Å². The quantitative estimate of drug-likeness (QED) is 0.781. The molecule has 5 rings (SSSR count). The SMILES string of the molecule is O[C@]1(c2ccc3c(c2)OCCO3)C[N+]2=C(CCCCC2)N1c1ccc(Cl)cc1. The van der Waals surface area contributed by atoms with Crippen LogP contribution in [0.25, 0.3) is 0 Å². The summed E-state index contributed by atoms with van der Waals surface area (Å²) in [5.41, 5.74) is 0.588. The standard InChI is InChI=1S/C22H24ClN2O3/c23-17-6-8-18(9-7-17)25-21-4-2-1-3-11-24(21)15-22(25,26)16-5-10-19-20(14-16)28-13-12-27-19/h5-10,14,26H,1-4,11-13,15H2/q+1/t22-/m0/s1. The molecule has 0 aliphatic carbocycles. The highest BCUT2D eigenvalue weighted by atomic mass is 35.5. The summed E-state index contributed by atoms with van der Waals surface area (Å²) in [7, 11) is 0. The molecule has 0 spiro atoms. The Morgan fingerprint density at radius 1 is 0.964 bits per heavy atom. The van der Waals surface area contributed by atoms with E-state index < -0.39 is 5.72 Å². The second-order valence-electron chi connectivity index (χ2n) is 7.64. The fourth-order valence-electron chi connectivity index (χ4n) is 4.49. The van der Waals surface area contributed by atoms with Crippen LogP contribution in [0.4, 0.5) is 5.69 Å². The summed E-state index contributed by atoms with van der Waals surface area (Å²) in [6, 6.07) is 13.5. The van der Waals surface area contributed by atoms with Gasteiger partial charge >= 0.3 is 0 Å². The van der Waals surface area contributed by atoms with Crippen molar-refractivity contribution < 1.29 is 19.2 Å². The number of rotatable bonds is 2. The number of hydrogen-bond acceptors (Lipinski definition) is 4. The van der Waals surface area contributed by atoms with Gasteiger partial charge in [0.15, 0.2) is 18.0 Å². The first-order valence-electron chi connectivity index (χ1n) is 9.94. The van der Waals surface area contributed by atoms with Crippen molar-refractivity contribution in [2.75, 3.05) is 31.2 Å². The molecule has 2 aromatic rings. The van der Waals surface area contributed by atoms with Gasteiger partial charge in [0.25, 0.3) is 11.6 Å². The van der Waals surface area contributed by atoms with Gasteiger partial charge in [-0.2, -0.15) is 4.90 Å². The fraction of sp³-hybridized carbons (Fsp3) is 0.409. The van der Waals surface area contributed by atoms with Crippen molar-refractivity contribution in [3.63, 3.8) is 0 Å². The summed E-state index contributed by atoms with van der Waals surface area (Å²) in [5.74, 6) is 2.61. The van der Waals surface area contributed by atoms with Crippen LogP contribution in [0.15, 0.2) is 42.5 Å². The van der Waals surface area contributed by atoms with E-state index >= 15 is 0 Å². The zero-order chi connectivity index (χ0) is 19.1. The van der Waals surface area contributed by atoms with Crippen molar-refractivity contribution in [3.05, 3.63) is 53.1 Å². The highest BCUT2D eigenvalue weighted by molar-refractivity contribution is 6.30. The zero-order valence-electron chi connectivity index (χ0n) is 15.7. The van der Waals surface area contributed by atoms with Gasteiger partial charge in [-0.05, 0) is 61.7 Å². The lowest BCUT2D eigenvalue weighted by Crippen LogP contribution is -2.47. The van der Waals surface area contributed by atoms with Crippen LogP contribution in [-0.4, -0.2) is 41.8 Å². The van der Waals surface area contributed by atoms with Crippen molar-refractivity contribution in [2.45, 2.75) is 31.4 Å². The smallest absolute Gasteiger partial charge is 0.275 e. The lowest BCUT2D eigenvalue weighted by molar-refractivity contribution is -0.534. The summed E-state index contributed by atoms with van der Waals surface area (Å²) < 4.78 is 13.8. The molecule has 0 amide bonds. The molecule has 0 aromatic heterocycles. The van der Waals surface area contributed by atoms with Crippen LogP contribution in [0.1, 0.15) is 31.2 Å². The van der Waals surface area contributed by atoms with E-state index in [9.17, 15) is 5.11 Å². The topological polar surface area (TPSA) is 44.9 Å². The third-order valence-electron chi connectivity index (χ3n) is 5.82. The van der Waals surface area contributed by atoms with E-state index in [-0.39, 0.29) is 0 Å². The van der Waals surface area contributed by atoms with Gasteiger partial charge in [0.2, 0.25) is 0 Å². The number of fused-ring (bicyclic) bond motifs is 1. The van der Waals surface area contributed by atoms with Crippen molar-refractivity contribution in [3.8, 4) is 11.5 Å². The third-order valence-corrected chi connectivity index (χ3v) is 6.07. The highest BCUT2D eigenvalue weighted by Crippen LogP contribution is 2.41. The molecule has 0 bridgehead atoms. The van der Waals surface area contributed by atoms with E-state index in [2.05, 4.69) is 9.48 Å². The van der Waals surface area contributed by atoms with E-state index in [1.165, 1.54) is 12.3 Å². The Morgan fingerprint density at radius 3 is 2.57 bits per heavy atom. The molecule has 0 unspecified atom stereocenters. The summed E-state index contributed by atoms with van der Waals surface area (Å²) in [6.45, 7) is 2.58. The summed E-state index contributed by atoms with van der Waals surface area (Å²) in [4.78, 5) is 2.08. The normalized spacial score (nSPS) is 24.1. The molecule has 146 valence electrons. The van der Waals surface area contributed by atoms with Gasteiger partial charge in [0.05, 0.1) is 6.54 Å². The Hall–Kier alpha value is -2.24. The van der Waals surface area contributed by atoms with Crippen molar-refractivity contribution in [1.82, 2.24) is 0 Å². The first-order chi connectivity index (χ1) is 13.6. The lowest BCUT2D eigenvalue weighted by atomic mass is 9.99. The minimum atomic E-state index is -1.17. The zero-order valence-corrected chi connectivity index (χ0v) is 16.5. The third kappa shape index (κ3) is 2.93. The number of anilines is 1. The van der Waals surface area contributed by atoms with Crippen molar-refractivity contribution in [2.24, 2.45) is 0 Å². The predicted molar refractivity (Wildman–Crippen MR) is 109 cm³/mol. The van der Waals surface area contributed by atoms with Crippen LogP contribution >= 0.6 is 11.6 Å². The van der Waals surface area contributed by atoms with Crippen LogP contribution < -0.4 is 14.4 Å². The Balaban J connectivity index is 1.61. The molecule has 1 N–H and O–H groups in total. The highest BCUT2D eigenvalue weighted by Gasteiger charge is 2.54. The first kappa shape index (κ1) is 17.8. The maximum absolute atomic E-state index is 12.0. The van der Waals surface area contributed by atoms with E-state index in [0.717, 1.165) is 42.8 Å². The number of aliphatic hydroxyl groups is 1. The maximum atomic E-state index is 12.0. The summed E-state index contributed by atoms with van der Waals surface area (Å²) in [6.07, 6.45) is 4.45. The van der Waals surface area contributed by atoms with Gasteiger partial charge in [-0.1, -0.05) is 11.6 Å². The number of ether oxygens (including phenoxy) is 2.